The van der Waals surface area contributed by atoms with Gasteiger partial charge in [-0.05, 0) is 24.1 Å². The summed E-state index contributed by atoms with van der Waals surface area (Å²) in [6.07, 6.45) is 2.39. The lowest BCUT2D eigenvalue weighted by molar-refractivity contribution is 0.0456. The molecular formula is C12H14O3. The van der Waals surface area contributed by atoms with Gasteiger partial charge in [-0.1, -0.05) is 12.1 Å². The Morgan fingerprint density at radius 3 is 3.07 bits per heavy atom. The fourth-order valence-corrected chi connectivity index (χ4v) is 1.54. The van der Waals surface area contributed by atoms with Crippen molar-refractivity contribution in [3.63, 3.8) is 0 Å². The molecule has 0 amide bonds. The van der Waals surface area contributed by atoms with Crippen LogP contribution < -0.4 is 9.47 Å². The Balaban J connectivity index is 2.22. The van der Waals surface area contributed by atoms with E-state index in [1.54, 1.807) is 0 Å². The van der Waals surface area contributed by atoms with Crippen LogP contribution in [0.4, 0.5) is 0 Å². The lowest BCUT2D eigenvalue weighted by Crippen LogP contribution is -2.32. The molecule has 3 nitrogen and oxygen atoms in total. The molecule has 0 saturated carbocycles. The van der Waals surface area contributed by atoms with Gasteiger partial charge in [0.1, 0.15) is 6.61 Å². The molecule has 1 aliphatic heterocycles. The van der Waals surface area contributed by atoms with Crippen molar-refractivity contribution in [2.75, 3.05) is 13.2 Å². The Bertz CT molecular complexity index is 360. The minimum atomic E-state index is -0.253. The van der Waals surface area contributed by atoms with E-state index < -0.39 is 0 Å². The predicted octanol–water partition coefficient (Wildman–Crippen LogP) is 1.55. The number of hydrogen-bond donors (Lipinski definition) is 1. The van der Waals surface area contributed by atoms with E-state index in [0.717, 1.165) is 17.7 Å². The van der Waals surface area contributed by atoms with Gasteiger partial charge in [0.25, 0.3) is 0 Å². The van der Waals surface area contributed by atoms with Crippen LogP contribution in [-0.4, -0.2) is 24.4 Å². The molecular weight excluding hydrogens is 192 g/mol. The average molecular weight is 206 g/mol. The third kappa shape index (κ3) is 2.13. The number of fused-ring (bicyclic) bond motifs is 1. The molecule has 0 radical (unpaired) electrons. The first-order valence-electron chi connectivity index (χ1n) is 4.97. The Kier molecular flexibility index (Phi) is 2.92. The highest BCUT2D eigenvalue weighted by Gasteiger charge is 2.19. The van der Waals surface area contributed by atoms with Crippen molar-refractivity contribution >= 4 is 0 Å². The molecule has 1 aliphatic rings. The molecule has 0 bridgehead atoms. The van der Waals surface area contributed by atoms with Crippen LogP contribution in [0, 0.1) is 0 Å². The molecule has 1 heterocycles. The number of aliphatic hydroxyl groups excluding tert-OH is 1. The summed E-state index contributed by atoms with van der Waals surface area (Å²) in [7, 11) is 0. The van der Waals surface area contributed by atoms with Crippen LogP contribution in [0.3, 0.4) is 0 Å². The Morgan fingerprint density at radius 1 is 1.47 bits per heavy atom. The Labute approximate surface area is 88.9 Å². The number of hydrogen-bond acceptors (Lipinski definition) is 3. The van der Waals surface area contributed by atoms with Crippen LogP contribution >= 0.6 is 0 Å². The number of allylic oxidation sites excluding steroid dienone is 1. The number of rotatable bonds is 3. The monoisotopic (exact) mass is 206 g/mol. The van der Waals surface area contributed by atoms with Crippen molar-refractivity contribution in [3.8, 4) is 11.5 Å². The number of benzene rings is 1. The van der Waals surface area contributed by atoms with Crippen LogP contribution in [0.25, 0.3) is 0 Å². The zero-order chi connectivity index (χ0) is 10.7. The van der Waals surface area contributed by atoms with E-state index in [1.165, 1.54) is 0 Å². The van der Waals surface area contributed by atoms with E-state index >= 15 is 0 Å². The third-order valence-electron chi connectivity index (χ3n) is 2.31. The average Bonchev–Trinajstić information content (AvgIpc) is 2.28. The second kappa shape index (κ2) is 4.36. The van der Waals surface area contributed by atoms with Crippen molar-refractivity contribution < 1.29 is 14.6 Å². The molecule has 0 aliphatic carbocycles. The van der Waals surface area contributed by atoms with Crippen LogP contribution in [0.2, 0.25) is 0 Å². The van der Waals surface area contributed by atoms with E-state index in [-0.39, 0.29) is 12.7 Å². The van der Waals surface area contributed by atoms with E-state index in [0.29, 0.717) is 12.4 Å². The third-order valence-corrected chi connectivity index (χ3v) is 2.31. The maximum absolute atomic E-state index is 8.97. The second-order valence-electron chi connectivity index (χ2n) is 3.51. The molecule has 1 atom stereocenters. The van der Waals surface area contributed by atoms with Gasteiger partial charge in [-0.25, -0.2) is 0 Å². The molecule has 2 rings (SSSR count). The summed E-state index contributed by atoms with van der Waals surface area (Å²) in [5, 5.41) is 8.97. The van der Waals surface area contributed by atoms with Crippen molar-refractivity contribution in [3.05, 3.63) is 36.4 Å². The first kappa shape index (κ1) is 10.1. The molecule has 1 aromatic carbocycles. The van der Waals surface area contributed by atoms with Gasteiger partial charge in [-0.2, -0.15) is 0 Å². The van der Waals surface area contributed by atoms with Crippen LogP contribution in [0.15, 0.2) is 30.9 Å². The lowest BCUT2D eigenvalue weighted by atomic mass is 10.1. The van der Waals surface area contributed by atoms with Crippen LogP contribution in [0.1, 0.15) is 5.56 Å². The van der Waals surface area contributed by atoms with Gasteiger partial charge in [-0.15, -0.1) is 6.58 Å². The summed E-state index contributed by atoms with van der Waals surface area (Å²) in [4.78, 5) is 0. The zero-order valence-corrected chi connectivity index (χ0v) is 8.48. The minimum Gasteiger partial charge on any atom is -0.486 e. The van der Waals surface area contributed by atoms with Gasteiger partial charge in [0.2, 0.25) is 0 Å². The van der Waals surface area contributed by atoms with Crippen LogP contribution in [0.5, 0.6) is 11.5 Å². The predicted molar refractivity (Wildman–Crippen MR) is 57.3 cm³/mol. The number of ether oxygens (including phenoxy) is 2. The molecule has 3 heteroatoms. The first-order chi connectivity index (χ1) is 7.33. The SMILES string of the molecule is C=CCc1ccc2c(c1)O[C@H](CO)CO2. The fraction of sp³-hybridized carbons (Fsp3) is 0.333. The molecule has 1 N–H and O–H groups in total. The van der Waals surface area contributed by atoms with E-state index in [1.807, 2.05) is 24.3 Å². The highest BCUT2D eigenvalue weighted by molar-refractivity contribution is 5.44. The Morgan fingerprint density at radius 2 is 2.33 bits per heavy atom. The standard InChI is InChI=1S/C12H14O3/c1-2-3-9-4-5-11-12(6-9)15-10(7-13)8-14-11/h2,4-6,10,13H,1,3,7-8H2/t10-/m1/s1. The van der Waals surface area contributed by atoms with Crippen molar-refractivity contribution in [1.82, 2.24) is 0 Å². The Hall–Kier alpha value is -1.48. The maximum atomic E-state index is 8.97. The fourth-order valence-electron chi connectivity index (χ4n) is 1.54. The van der Waals surface area contributed by atoms with Gasteiger partial charge >= 0.3 is 0 Å². The van der Waals surface area contributed by atoms with E-state index in [4.69, 9.17) is 14.6 Å². The molecule has 80 valence electrons. The highest BCUT2D eigenvalue weighted by Crippen LogP contribution is 2.32. The van der Waals surface area contributed by atoms with Gasteiger partial charge in [0.15, 0.2) is 17.6 Å². The van der Waals surface area contributed by atoms with E-state index in [9.17, 15) is 0 Å². The lowest BCUT2D eigenvalue weighted by Gasteiger charge is -2.25. The molecule has 0 spiro atoms. The molecule has 0 aromatic heterocycles. The normalized spacial score (nSPS) is 18.6. The maximum Gasteiger partial charge on any atom is 0.162 e. The summed E-state index contributed by atoms with van der Waals surface area (Å²) >= 11 is 0. The summed E-state index contributed by atoms with van der Waals surface area (Å²) in [5.41, 5.74) is 1.13. The topological polar surface area (TPSA) is 38.7 Å². The summed E-state index contributed by atoms with van der Waals surface area (Å²) < 4.78 is 11.0. The summed E-state index contributed by atoms with van der Waals surface area (Å²) in [6, 6.07) is 5.81. The number of aliphatic hydroxyl groups is 1. The largest absolute Gasteiger partial charge is 0.486 e. The second-order valence-corrected chi connectivity index (χ2v) is 3.51. The van der Waals surface area contributed by atoms with Crippen LogP contribution in [-0.2, 0) is 6.42 Å². The molecule has 0 fully saturated rings. The van der Waals surface area contributed by atoms with Gasteiger partial charge < -0.3 is 14.6 Å². The van der Waals surface area contributed by atoms with Crippen molar-refractivity contribution in [1.29, 1.82) is 0 Å². The molecule has 1 aromatic rings. The van der Waals surface area contributed by atoms with Crippen molar-refractivity contribution in [2.24, 2.45) is 0 Å². The van der Waals surface area contributed by atoms with E-state index in [2.05, 4.69) is 6.58 Å². The minimum absolute atomic E-state index is 0.0227. The summed E-state index contributed by atoms with van der Waals surface area (Å²) in [6.45, 7) is 4.07. The smallest absolute Gasteiger partial charge is 0.162 e. The van der Waals surface area contributed by atoms with Gasteiger partial charge in [0.05, 0.1) is 6.61 Å². The first-order valence-corrected chi connectivity index (χ1v) is 4.97. The van der Waals surface area contributed by atoms with Gasteiger partial charge in [-0.3, -0.25) is 0 Å². The highest BCUT2D eigenvalue weighted by atomic mass is 16.6. The zero-order valence-electron chi connectivity index (χ0n) is 8.48. The van der Waals surface area contributed by atoms with Gasteiger partial charge in [0, 0.05) is 0 Å². The molecule has 0 unspecified atom stereocenters. The summed E-state index contributed by atoms with van der Waals surface area (Å²) in [5.74, 6) is 1.45. The molecule has 15 heavy (non-hydrogen) atoms. The quantitative estimate of drug-likeness (QED) is 0.762. The molecule has 0 saturated heterocycles. The van der Waals surface area contributed by atoms with Crippen molar-refractivity contribution in [2.45, 2.75) is 12.5 Å².